The Balaban J connectivity index is 1.81. The number of ether oxygens (including phenoxy) is 1. The summed E-state index contributed by atoms with van der Waals surface area (Å²) in [6.45, 7) is 2.98. The third kappa shape index (κ3) is 3.58. The third-order valence-electron chi connectivity index (χ3n) is 2.78. The van der Waals surface area contributed by atoms with Gasteiger partial charge in [-0.2, -0.15) is 5.10 Å². The first-order chi connectivity index (χ1) is 8.90. The number of hydrogen-bond donors (Lipinski definition) is 1. The lowest BCUT2D eigenvalue weighted by Gasteiger charge is -2.05. The summed E-state index contributed by atoms with van der Waals surface area (Å²) in [5, 5.41) is 6.79. The van der Waals surface area contributed by atoms with Crippen LogP contribution in [0.15, 0.2) is 30.6 Å². The van der Waals surface area contributed by atoms with Crippen molar-refractivity contribution in [3.63, 3.8) is 0 Å². The molecule has 4 heteroatoms. The van der Waals surface area contributed by atoms with Crippen LogP contribution in [0.1, 0.15) is 32.6 Å². The summed E-state index contributed by atoms with van der Waals surface area (Å²) in [6.07, 6.45) is 8.35. The van der Waals surface area contributed by atoms with Crippen LogP contribution in [0.5, 0.6) is 5.75 Å². The minimum atomic E-state index is 0.769. The molecule has 0 aliphatic carbocycles. The van der Waals surface area contributed by atoms with E-state index in [1.807, 2.05) is 18.2 Å². The van der Waals surface area contributed by atoms with Gasteiger partial charge >= 0.3 is 0 Å². The summed E-state index contributed by atoms with van der Waals surface area (Å²) < 4.78 is 5.64. The van der Waals surface area contributed by atoms with E-state index in [-0.39, 0.29) is 0 Å². The monoisotopic (exact) mass is 245 g/mol. The van der Waals surface area contributed by atoms with Crippen LogP contribution in [0.2, 0.25) is 0 Å². The Kier molecular flexibility index (Phi) is 4.76. The highest BCUT2D eigenvalue weighted by Gasteiger charge is 2.00. The fourth-order valence-corrected chi connectivity index (χ4v) is 1.74. The fraction of sp³-hybridized carbons (Fsp3) is 0.429. The number of H-pyrrole nitrogens is 1. The smallest absolute Gasteiger partial charge is 0.137 e. The van der Waals surface area contributed by atoms with E-state index in [0.29, 0.717) is 0 Å². The van der Waals surface area contributed by atoms with Crippen molar-refractivity contribution in [2.45, 2.75) is 32.6 Å². The van der Waals surface area contributed by atoms with Crippen LogP contribution in [-0.2, 0) is 0 Å². The second-order valence-corrected chi connectivity index (χ2v) is 4.26. The molecule has 18 heavy (non-hydrogen) atoms. The summed E-state index contributed by atoms with van der Waals surface area (Å²) in [5.41, 5.74) is 1.80. The van der Waals surface area contributed by atoms with Crippen molar-refractivity contribution in [3.05, 3.63) is 30.6 Å². The van der Waals surface area contributed by atoms with Gasteiger partial charge in [0.05, 0.1) is 24.2 Å². The molecule has 1 N–H and O–H groups in total. The maximum absolute atomic E-state index is 5.64. The van der Waals surface area contributed by atoms with Gasteiger partial charge in [0.1, 0.15) is 5.75 Å². The van der Waals surface area contributed by atoms with Gasteiger partial charge in [-0.05, 0) is 24.6 Å². The summed E-state index contributed by atoms with van der Waals surface area (Å²) in [4.78, 5) is 4.34. The highest BCUT2D eigenvalue weighted by atomic mass is 16.5. The molecule has 0 bridgehead atoms. The summed E-state index contributed by atoms with van der Waals surface area (Å²) in [7, 11) is 0. The van der Waals surface area contributed by atoms with E-state index in [4.69, 9.17) is 4.74 Å². The first-order valence-corrected chi connectivity index (χ1v) is 6.48. The minimum Gasteiger partial charge on any atom is -0.492 e. The molecule has 4 nitrogen and oxygen atoms in total. The van der Waals surface area contributed by atoms with Crippen molar-refractivity contribution < 1.29 is 4.74 Å². The van der Waals surface area contributed by atoms with E-state index in [0.717, 1.165) is 30.2 Å². The zero-order chi connectivity index (χ0) is 12.6. The van der Waals surface area contributed by atoms with Gasteiger partial charge in [-0.3, -0.25) is 10.1 Å². The Morgan fingerprint density at radius 2 is 2.11 bits per heavy atom. The van der Waals surface area contributed by atoms with Crippen LogP contribution in [0.3, 0.4) is 0 Å². The molecular formula is C14H19N3O. The van der Waals surface area contributed by atoms with Gasteiger partial charge in [0.15, 0.2) is 0 Å². The topological polar surface area (TPSA) is 50.8 Å². The molecule has 2 heterocycles. The summed E-state index contributed by atoms with van der Waals surface area (Å²) in [5.74, 6) is 0.828. The first kappa shape index (κ1) is 12.6. The average Bonchev–Trinajstić information content (AvgIpc) is 2.93. The van der Waals surface area contributed by atoms with Crippen LogP contribution >= 0.6 is 0 Å². The van der Waals surface area contributed by atoms with E-state index in [1.165, 1.54) is 19.3 Å². The molecule has 96 valence electrons. The Bertz CT molecular complexity index is 437. The zero-order valence-electron chi connectivity index (χ0n) is 10.7. The summed E-state index contributed by atoms with van der Waals surface area (Å²) in [6, 6.07) is 5.78. The number of unbranched alkanes of at least 4 members (excludes halogenated alkanes) is 3. The van der Waals surface area contributed by atoms with Gasteiger partial charge in [-0.1, -0.05) is 26.2 Å². The molecule has 0 radical (unpaired) electrons. The lowest BCUT2D eigenvalue weighted by Crippen LogP contribution is -1.97. The van der Waals surface area contributed by atoms with E-state index in [1.54, 1.807) is 12.4 Å². The number of aromatic amines is 1. The predicted octanol–water partition coefficient (Wildman–Crippen LogP) is 3.43. The van der Waals surface area contributed by atoms with E-state index < -0.39 is 0 Å². The molecule has 2 aromatic heterocycles. The second-order valence-electron chi connectivity index (χ2n) is 4.26. The Hall–Kier alpha value is -1.84. The van der Waals surface area contributed by atoms with Crippen molar-refractivity contribution in [1.82, 2.24) is 15.2 Å². The van der Waals surface area contributed by atoms with E-state index in [9.17, 15) is 0 Å². The van der Waals surface area contributed by atoms with Gasteiger partial charge in [0.25, 0.3) is 0 Å². The van der Waals surface area contributed by atoms with Gasteiger partial charge in [-0.25, -0.2) is 0 Å². The Morgan fingerprint density at radius 1 is 1.17 bits per heavy atom. The quantitative estimate of drug-likeness (QED) is 0.760. The molecule has 0 saturated carbocycles. The lowest BCUT2D eigenvalue weighted by atomic mass is 10.2. The van der Waals surface area contributed by atoms with Crippen molar-refractivity contribution >= 4 is 0 Å². The second kappa shape index (κ2) is 6.79. The van der Waals surface area contributed by atoms with Gasteiger partial charge in [0.2, 0.25) is 0 Å². The van der Waals surface area contributed by atoms with Crippen LogP contribution in [-0.4, -0.2) is 21.8 Å². The van der Waals surface area contributed by atoms with Crippen molar-refractivity contribution in [1.29, 1.82) is 0 Å². The van der Waals surface area contributed by atoms with Crippen molar-refractivity contribution in [3.8, 4) is 17.1 Å². The molecule has 0 saturated heterocycles. The maximum atomic E-state index is 5.64. The highest BCUT2D eigenvalue weighted by molar-refractivity contribution is 5.53. The molecule has 0 fully saturated rings. The molecular weight excluding hydrogens is 226 g/mol. The average molecular weight is 245 g/mol. The van der Waals surface area contributed by atoms with Crippen LogP contribution < -0.4 is 4.74 Å². The van der Waals surface area contributed by atoms with Crippen LogP contribution in [0.4, 0.5) is 0 Å². The van der Waals surface area contributed by atoms with E-state index >= 15 is 0 Å². The third-order valence-corrected chi connectivity index (χ3v) is 2.78. The Labute approximate surface area is 107 Å². The van der Waals surface area contributed by atoms with Gasteiger partial charge < -0.3 is 4.74 Å². The standard InChI is InChI=1S/C14H19N3O/c1-2-3-4-5-10-18-12-6-7-13(15-11-12)14-8-9-16-17-14/h6-9,11H,2-5,10H2,1H3,(H,16,17). The number of rotatable bonds is 7. The number of aromatic nitrogens is 3. The Morgan fingerprint density at radius 3 is 2.78 bits per heavy atom. The zero-order valence-corrected chi connectivity index (χ0v) is 10.7. The molecule has 2 rings (SSSR count). The molecule has 0 spiro atoms. The van der Waals surface area contributed by atoms with Crippen LogP contribution in [0, 0.1) is 0 Å². The summed E-state index contributed by atoms with van der Waals surface area (Å²) >= 11 is 0. The van der Waals surface area contributed by atoms with Gasteiger partial charge in [-0.15, -0.1) is 0 Å². The van der Waals surface area contributed by atoms with E-state index in [2.05, 4.69) is 22.1 Å². The molecule has 0 unspecified atom stereocenters. The molecule has 0 atom stereocenters. The lowest BCUT2D eigenvalue weighted by molar-refractivity contribution is 0.304. The molecule has 0 amide bonds. The van der Waals surface area contributed by atoms with Crippen LogP contribution in [0.25, 0.3) is 11.4 Å². The largest absolute Gasteiger partial charge is 0.492 e. The van der Waals surface area contributed by atoms with Gasteiger partial charge in [0, 0.05) is 6.20 Å². The SMILES string of the molecule is CCCCCCOc1ccc(-c2ccn[nH]2)nc1. The molecule has 2 aromatic rings. The number of hydrogen-bond acceptors (Lipinski definition) is 3. The molecule has 0 aliphatic heterocycles. The fourth-order valence-electron chi connectivity index (χ4n) is 1.74. The number of pyridine rings is 1. The van der Waals surface area contributed by atoms with Crippen molar-refractivity contribution in [2.75, 3.05) is 6.61 Å². The molecule has 0 aliphatic rings. The predicted molar refractivity (Wildman–Crippen MR) is 71.5 cm³/mol. The maximum Gasteiger partial charge on any atom is 0.137 e. The first-order valence-electron chi connectivity index (χ1n) is 6.48. The normalized spacial score (nSPS) is 10.5. The van der Waals surface area contributed by atoms with Crippen molar-refractivity contribution in [2.24, 2.45) is 0 Å². The number of nitrogens with one attached hydrogen (secondary N) is 1. The highest BCUT2D eigenvalue weighted by Crippen LogP contribution is 2.17. The minimum absolute atomic E-state index is 0.769. The molecule has 0 aromatic carbocycles. The number of nitrogens with zero attached hydrogens (tertiary/aromatic N) is 2.